The molecule has 6 heteroatoms. The van der Waals surface area contributed by atoms with Gasteiger partial charge in [0.25, 0.3) is 5.91 Å². The van der Waals surface area contributed by atoms with Gasteiger partial charge >= 0.3 is 0 Å². The summed E-state index contributed by atoms with van der Waals surface area (Å²) in [6, 6.07) is 8.59. The molecule has 1 amide bonds. The number of carbonyl (C=O) groups is 1. The lowest BCUT2D eigenvalue weighted by Crippen LogP contribution is -2.30. The van der Waals surface area contributed by atoms with E-state index in [9.17, 15) is 4.79 Å². The second kappa shape index (κ2) is 6.78. The van der Waals surface area contributed by atoms with Crippen LogP contribution in [0, 0.1) is 6.92 Å². The van der Waals surface area contributed by atoms with Crippen molar-refractivity contribution in [2.24, 2.45) is 0 Å². The highest BCUT2D eigenvalue weighted by Gasteiger charge is 2.16. The van der Waals surface area contributed by atoms with Crippen molar-refractivity contribution in [1.29, 1.82) is 0 Å². The Morgan fingerprint density at radius 1 is 1.33 bits per heavy atom. The number of nitrogens with one attached hydrogen (secondary N) is 1. The molecular formula is C15H14Cl2N2O2. The number of amides is 1. The lowest BCUT2D eigenvalue weighted by atomic mass is 10.2. The molecule has 1 N–H and O–H groups in total. The average molecular weight is 325 g/mol. The molecule has 1 atom stereocenters. The molecule has 0 aliphatic carbocycles. The van der Waals surface area contributed by atoms with Crippen LogP contribution in [0.15, 0.2) is 36.5 Å². The predicted molar refractivity (Wildman–Crippen MR) is 84.2 cm³/mol. The van der Waals surface area contributed by atoms with Crippen LogP contribution in [-0.2, 0) is 4.79 Å². The van der Waals surface area contributed by atoms with Crippen LogP contribution >= 0.6 is 23.2 Å². The molecule has 4 nitrogen and oxygen atoms in total. The van der Waals surface area contributed by atoms with Gasteiger partial charge in [0.1, 0.15) is 5.75 Å². The van der Waals surface area contributed by atoms with Crippen molar-refractivity contribution in [3.8, 4) is 5.75 Å². The van der Waals surface area contributed by atoms with Crippen molar-refractivity contribution < 1.29 is 9.53 Å². The van der Waals surface area contributed by atoms with Gasteiger partial charge in [-0.25, -0.2) is 4.98 Å². The normalized spacial score (nSPS) is 11.8. The SMILES string of the molecule is Cc1cc(O[C@H](C)C(=O)Nc2cccnc2Cl)ccc1Cl. The van der Waals surface area contributed by atoms with E-state index in [1.54, 1.807) is 43.5 Å². The zero-order valence-corrected chi connectivity index (χ0v) is 13.1. The summed E-state index contributed by atoms with van der Waals surface area (Å²) in [4.78, 5) is 16.0. The highest BCUT2D eigenvalue weighted by molar-refractivity contribution is 6.32. The maximum absolute atomic E-state index is 12.1. The first kappa shape index (κ1) is 15.6. The highest BCUT2D eigenvalue weighted by Crippen LogP contribution is 2.22. The predicted octanol–water partition coefficient (Wildman–Crippen LogP) is 4.10. The number of aromatic nitrogens is 1. The van der Waals surface area contributed by atoms with Crippen LogP contribution in [0.3, 0.4) is 0 Å². The third kappa shape index (κ3) is 4.09. The van der Waals surface area contributed by atoms with Gasteiger partial charge in [-0.05, 0) is 49.7 Å². The van der Waals surface area contributed by atoms with E-state index in [1.165, 1.54) is 0 Å². The van der Waals surface area contributed by atoms with Gasteiger partial charge in [-0.1, -0.05) is 23.2 Å². The zero-order chi connectivity index (χ0) is 15.4. The van der Waals surface area contributed by atoms with Gasteiger partial charge in [0.2, 0.25) is 0 Å². The van der Waals surface area contributed by atoms with Gasteiger partial charge in [0, 0.05) is 11.2 Å². The van der Waals surface area contributed by atoms with Gasteiger partial charge in [0.15, 0.2) is 11.3 Å². The summed E-state index contributed by atoms with van der Waals surface area (Å²) >= 11 is 11.8. The molecule has 0 saturated heterocycles. The molecule has 0 aliphatic rings. The first-order valence-electron chi connectivity index (χ1n) is 6.31. The van der Waals surface area contributed by atoms with E-state index in [4.69, 9.17) is 27.9 Å². The monoisotopic (exact) mass is 324 g/mol. The Bertz CT molecular complexity index is 662. The second-order valence-corrected chi connectivity index (χ2v) is 5.27. The number of ether oxygens (including phenoxy) is 1. The summed E-state index contributed by atoms with van der Waals surface area (Å²) in [7, 11) is 0. The van der Waals surface area contributed by atoms with E-state index >= 15 is 0 Å². The van der Waals surface area contributed by atoms with Crippen LogP contribution in [0.4, 0.5) is 5.69 Å². The lowest BCUT2D eigenvalue weighted by molar-refractivity contribution is -0.122. The Balaban J connectivity index is 2.02. The number of carbonyl (C=O) groups excluding carboxylic acids is 1. The summed E-state index contributed by atoms with van der Waals surface area (Å²) in [5.74, 6) is 0.273. The smallest absolute Gasteiger partial charge is 0.265 e. The minimum atomic E-state index is -0.679. The van der Waals surface area contributed by atoms with Gasteiger partial charge < -0.3 is 10.1 Å². The van der Waals surface area contributed by atoms with Gasteiger partial charge in [-0.3, -0.25) is 4.79 Å². The molecule has 1 aromatic heterocycles. The van der Waals surface area contributed by atoms with Crippen molar-refractivity contribution in [1.82, 2.24) is 4.98 Å². The molecule has 0 fully saturated rings. The summed E-state index contributed by atoms with van der Waals surface area (Å²) in [5.41, 5.74) is 1.34. The number of rotatable bonds is 4. The summed E-state index contributed by atoms with van der Waals surface area (Å²) in [6.07, 6.45) is 0.871. The van der Waals surface area contributed by atoms with E-state index in [2.05, 4.69) is 10.3 Å². The number of hydrogen-bond acceptors (Lipinski definition) is 3. The number of nitrogens with zero attached hydrogens (tertiary/aromatic N) is 1. The third-order valence-corrected chi connectivity index (χ3v) is 3.55. The quantitative estimate of drug-likeness (QED) is 0.861. The summed E-state index contributed by atoms with van der Waals surface area (Å²) < 4.78 is 5.59. The van der Waals surface area contributed by atoms with Crippen LogP contribution in [-0.4, -0.2) is 17.0 Å². The molecule has 2 aromatic rings. The standard InChI is InChI=1S/C15H14Cl2N2O2/c1-9-8-11(5-6-12(9)16)21-10(2)15(20)19-13-4-3-7-18-14(13)17/h3-8,10H,1-2H3,(H,19,20)/t10-/m1/s1. The molecule has 0 aliphatic heterocycles. The minimum Gasteiger partial charge on any atom is -0.481 e. The highest BCUT2D eigenvalue weighted by atomic mass is 35.5. The molecular weight excluding hydrogens is 311 g/mol. The van der Waals surface area contributed by atoms with Crippen molar-refractivity contribution in [2.75, 3.05) is 5.32 Å². The van der Waals surface area contributed by atoms with E-state index in [0.29, 0.717) is 16.5 Å². The van der Waals surface area contributed by atoms with Crippen LogP contribution in [0.1, 0.15) is 12.5 Å². The van der Waals surface area contributed by atoms with Crippen LogP contribution in [0.2, 0.25) is 10.2 Å². The summed E-state index contributed by atoms with van der Waals surface area (Å²) in [6.45, 7) is 3.53. The second-order valence-electron chi connectivity index (χ2n) is 4.50. The first-order chi connectivity index (χ1) is 9.97. The van der Waals surface area contributed by atoms with E-state index in [0.717, 1.165) is 5.56 Å². The molecule has 0 unspecified atom stereocenters. The minimum absolute atomic E-state index is 0.236. The molecule has 0 radical (unpaired) electrons. The number of anilines is 1. The number of benzene rings is 1. The first-order valence-corrected chi connectivity index (χ1v) is 7.07. The molecule has 0 bridgehead atoms. The van der Waals surface area contributed by atoms with E-state index in [1.807, 2.05) is 6.92 Å². The molecule has 2 rings (SSSR count). The lowest BCUT2D eigenvalue weighted by Gasteiger charge is -2.15. The van der Waals surface area contributed by atoms with Crippen molar-refractivity contribution in [2.45, 2.75) is 20.0 Å². The zero-order valence-electron chi connectivity index (χ0n) is 11.6. The van der Waals surface area contributed by atoms with Crippen molar-refractivity contribution in [3.05, 3.63) is 52.3 Å². The molecule has 1 heterocycles. The van der Waals surface area contributed by atoms with Gasteiger partial charge in [-0.2, -0.15) is 0 Å². The van der Waals surface area contributed by atoms with Crippen molar-refractivity contribution in [3.63, 3.8) is 0 Å². The molecule has 21 heavy (non-hydrogen) atoms. The van der Waals surface area contributed by atoms with Crippen LogP contribution in [0.5, 0.6) is 5.75 Å². The number of hydrogen-bond donors (Lipinski definition) is 1. The Kier molecular flexibility index (Phi) is 5.04. The molecule has 110 valence electrons. The number of halogens is 2. The fraction of sp³-hybridized carbons (Fsp3) is 0.200. The summed E-state index contributed by atoms with van der Waals surface area (Å²) in [5, 5.41) is 3.56. The van der Waals surface area contributed by atoms with Crippen molar-refractivity contribution >= 4 is 34.8 Å². The Morgan fingerprint density at radius 3 is 2.76 bits per heavy atom. The Labute approximate surface area is 133 Å². The third-order valence-electron chi connectivity index (χ3n) is 2.83. The fourth-order valence-electron chi connectivity index (χ4n) is 1.66. The number of pyridine rings is 1. The maximum Gasteiger partial charge on any atom is 0.265 e. The number of aryl methyl sites for hydroxylation is 1. The van der Waals surface area contributed by atoms with Gasteiger partial charge in [0.05, 0.1) is 5.69 Å². The van der Waals surface area contributed by atoms with Crippen LogP contribution in [0.25, 0.3) is 0 Å². The van der Waals surface area contributed by atoms with E-state index < -0.39 is 6.10 Å². The maximum atomic E-state index is 12.1. The Morgan fingerprint density at radius 2 is 2.10 bits per heavy atom. The average Bonchev–Trinajstić information content (AvgIpc) is 2.45. The Hall–Kier alpha value is -1.78. The molecule has 0 spiro atoms. The van der Waals surface area contributed by atoms with Crippen LogP contribution < -0.4 is 10.1 Å². The topological polar surface area (TPSA) is 51.2 Å². The van der Waals surface area contributed by atoms with Gasteiger partial charge in [-0.15, -0.1) is 0 Å². The molecule has 1 aromatic carbocycles. The molecule has 0 saturated carbocycles. The largest absolute Gasteiger partial charge is 0.481 e. The fourth-order valence-corrected chi connectivity index (χ4v) is 1.95. The van der Waals surface area contributed by atoms with E-state index in [-0.39, 0.29) is 11.1 Å².